The molecule has 0 bridgehead atoms. The summed E-state index contributed by atoms with van der Waals surface area (Å²) in [4.78, 5) is 0. The Morgan fingerprint density at radius 1 is 1.09 bits per heavy atom. The summed E-state index contributed by atoms with van der Waals surface area (Å²) in [5.41, 5.74) is 10.4. The van der Waals surface area contributed by atoms with Crippen molar-refractivity contribution in [2.75, 3.05) is 6.54 Å². The molecule has 3 N–H and O–H groups in total. The molecule has 0 fully saturated rings. The van der Waals surface area contributed by atoms with Crippen LogP contribution in [-0.4, -0.2) is 16.3 Å². The maximum atomic E-state index is 9.56. The molecule has 0 atom stereocenters. The predicted molar refractivity (Wildman–Crippen MR) is 89.9 cm³/mol. The van der Waals surface area contributed by atoms with Crippen LogP contribution in [0.4, 0.5) is 0 Å². The van der Waals surface area contributed by atoms with Gasteiger partial charge in [-0.25, -0.2) is 0 Å². The van der Waals surface area contributed by atoms with Crippen molar-refractivity contribution in [2.45, 2.75) is 26.8 Å². The molecule has 0 saturated heterocycles. The van der Waals surface area contributed by atoms with Gasteiger partial charge < -0.3 is 15.5 Å². The van der Waals surface area contributed by atoms with Gasteiger partial charge in [0.05, 0.1) is 11.0 Å². The lowest BCUT2D eigenvalue weighted by atomic mass is 10.0. The number of fused-ring (bicyclic) bond motifs is 2. The molecule has 4 heteroatoms. The molecule has 0 saturated carbocycles. The number of nitrogens with two attached hydrogens (primary N) is 1. The van der Waals surface area contributed by atoms with E-state index in [4.69, 9.17) is 5.73 Å². The summed E-state index contributed by atoms with van der Waals surface area (Å²) in [6.07, 6.45) is 0.909. The van der Waals surface area contributed by atoms with Crippen LogP contribution in [0.3, 0.4) is 0 Å². The first kappa shape index (κ1) is 14.6. The van der Waals surface area contributed by atoms with E-state index in [1.54, 1.807) is 0 Å². The monoisotopic (exact) mass is 295 g/mol. The average molecular weight is 295 g/mol. The molecule has 1 heterocycles. The van der Waals surface area contributed by atoms with E-state index in [9.17, 15) is 5.21 Å². The molecular weight excluding hydrogens is 274 g/mol. The highest BCUT2D eigenvalue weighted by atomic mass is 16.4. The van der Waals surface area contributed by atoms with E-state index in [1.165, 1.54) is 11.1 Å². The van der Waals surface area contributed by atoms with Gasteiger partial charge in [-0.1, -0.05) is 35.5 Å². The van der Waals surface area contributed by atoms with Crippen molar-refractivity contribution in [1.82, 2.24) is 4.57 Å². The zero-order valence-corrected chi connectivity index (χ0v) is 13.0. The van der Waals surface area contributed by atoms with Crippen molar-refractivity contribution in [3.63, 3.8) is 0 Å². The molecule has 3 rings (SSSR count). The SMILES string of the molecule is Cc1ccc2/c(=N\O)c3ccccc3n(CCCN)c2c1C. The number of para-hydroxylation sites is 1. The molecule has 0 spiro atoms. The van der Waals surface area contributed by atoms with Gasteiger partial charge in [0, 0.05) is 17.3 Å². The van der Waals surface area contributed by atoms with E-state index in [-0.39, 0.29) is 0 Å². The van der Waals surface area contributed by atoms with Gasteiger partial charge in [0.25, 0.3) is 0 Å². The second kappa shape index (κ2) is 5.81. The third-order valence-electron chi connectivity index (χ3n) is 4.36. The highest BCUT2D eigenvalue weighted by molar-refractivity contribution is 5.95. The van der Waals surface area contributed by atoms with Crippen LogP contribution in [0.2, 0.25) is 0 Å². The van der Waals surface area contributed by atoms with E-state index >= 15 is 0 Å². The van der Waals surface area contributed by atoms with Crippen LogP contribution in [0, 0.1) is 13.8 Å². The van der Waals surface area contributed by atoms with Gasteiger partial charge in [0.15, 0.2) is 0 Å². The van der Waals surface area contributed by atoms with Crippen molar-refractivity contribution >= 4 is 21.8 Å². The molecule has 114 valence electrons. The molecule has 2 aromatic carbocycles. The molecule has 0 radical (unpaired) electrons. The lowest BCUT2D eigenvalue weighted by molar-refractivity contribution is 0.303. The number of aryl methyl sites for hydroxylation is 3. The van der Waals surface area contributed by atoms with Crippen molar-refractivity contribution in [3.05, 3.63) is 52.9 Å². The summed E-state index contributed by atoms with van der Waals surface area (Å²) in [6.45, 7) is 5.73. The van der Waals surface area contributed by atoms with E-state index in [1.807, 2.05) is 24.3 Å². The zero-order valence-electron chi connectivity index (χ0n) is 13.0. The van der Waals surface area contributed by atoms with E-state index in [2.05, 4.69) is 35.7 Å². The number of hydrogen-bond acceptors (Lipinski definition) is 3. The third-order valence-corrected chi connectivity index (χ3v) is 4.36. The number of benzene rings is 2. The summed E-state index contributed by atoms with van der Waals surface area (Å²) in [5.74, 6) is 0. The first-order valence-electron chi connectivity index (χ1n) is 7.58. The van der Waals surface area contributed by atoms with Crippen LogP contribution < -0.4 is 11.1 Å². The topological polar surface area (TPSA) is 63.5 Å². The minimum atomic E-state index is 0.637. The molecule has 0 aliphatic carbocycles. The standard InChI is InChI=1S/C18H21N3O/c1-12-8-9-15-17(20-22)14-6-3-4-7-16(14)21(11-5-10-19)18(15)13(12)2/h3-4,6-9,22H,5,10-11,19H2,1-2H3/b20-17-. The molecule has 0 aliphatic rings. The predicted octanol–water partition coefficient (Wildman–Crippen LogP) is 3.05. The Morgan fingerprint density at radius 2 is 1.86 bits per heavy atom. The van der Waals surface area contributed by atoms with Crippen molar-refractivity contribution < 1.29 is 5.21 Å². The summed E-state index contributed by atoms with van der Waals surface area (Å²) in [6, 6.07) is 12.2. The van der Waals surface area contributed by atoms with Crippen molar-refractivity contribution in [1.29, 1.82) is 0 Å². The Bertz CT molecular complexity index is 909. The Morgan fingerprint density at radius 3 is 2.59 bits per heavy atom. The van der Waals surface area contributed by atoms with Crippen LogP contribution in [0.15, 0.2) is 41.6 Å². The largest absolute Gasteiger partial charge is 0.410 e. The van der Waals surface area contributed by atoms with Crippen LogP contribution in [-0.2, 0) is 6.54 Å². The van der Waals surface area contributed by atoms with Crippen LogP contribution >= 0.6 is 0 Å². The molecule has 3 aromatic rings. The van der Waals surface area contributed by atoms with Gasteiger partial charge in [0.2, 0.25) is 0 Å². The highest BCUT2D eigenvalue weighted by Crippen LogP contribution is 2.24. The van der Waals surface area contributed by atoms with E-state index in [0.717, 1.165) is 34.8 Å². The number of aromatic nitrogens is 1. The second-order valence-corrected chi connectivity index (χ2v) is 5.66. The number of nitrogens with zero attached hydrogens (tertiary/aromatic N) is 2. The Kier molecular flexibility index (Phi) is 3.86. The number of pyridine rings is 1. The quantitative estimate of drug-likeness (QED) is 0.443. The van der Waals surface area contributed by atoms with Gasteiger partial charge in [-0.2, -0.15) is 0 Å². The minimum absolute atomic E-state index is 0.637. The van der Waals surface area contributed by atoms with Gasteiger partial charge in [-0.15, -0.1) is 0 Å². The maximum Gasteiger partial charge on any atom is 0.121 e. The molecule has 0 aliphatic heterocycles. The maximum absolute atomic E-state index is 9.56. The molecule has 1 aromatic heterocycles. The van der Waals surface area contributed by atoms with Crippen LogP contribution in [0.1, 0.15) is 17.5 Å². The minimum Gasteiger partial charge on any atom is -0.410 e. The first-order chi connectivity index (χ1) is 10.7. The molecule has 4 nitrogen and oxygen atoms in total. The molecular formula is C18H21N3O. The number of rotatable bonds is 3. The highest BCUT2D eigenvalue weighted by Gasteiger charge is 2.12. The third kappa shape index (κ3) is 2.16. The first-order valence-corrected chi connectivity index (χ1v) is 7.58. The van der Waals surface area contributed by atoms with Crippen molar-refractivity contribution in [2.24, 2.45) is 10.9 Å². The molecule has 0 amide bonds. The van der Waals surface area contributed by atoms with E-state index < -0.39 is 0 Å². The van der Waals surface area contributed by atoms with Crippen LogP contribution in [0.5, 0.6) is 0 Å². The fourth-order valence-corrected chi connectivity index (χ4v) is 3.10. The van der Waals surface area contributed by atoms with Gasteiger partial charge in [0.1, 0.15) is 5.36 Å². The van der Waals surface area contributed by atoms with Gasteiger partial charge in [-0.05, 0) is 44.0 Å². The van der Waals surface area contributed by atoms with Crippen LogP contribution in [0.25, 0.3) is 21.8 Å². The summed E-state index contributed by atoms with van der Waals surface area (Å²) < 4.78 is 2.30. The van der Waals surface area contributed by atoms with Gasteiger partial charge in [-0.3, -0.25) is 0 Å². The number of hydrogen-bond donors (Lipinski definition) is 2. The Balaban J connectivity index is 2.58. The fourth-order valence-electron chi connectivity index (χ4n) is 3.10. The smallest absolute Gasteiger partial charge is 0.121 e. The van der Waals surface area contributed by atoms with Gasteiger partial charge >= 0.3 is 0 Å². The summed E-state index contributed by atoms with van der Waals surface area (Å²) >= 11 is 0. The summed E-state index contributed by atoms with van der Waals surface area (Å²) in [7, 11) is 0. The summed E-state index contributed by atoms with van der Waals surface area (Å²) in [5, 5.41) is 15.7. The average Bonchev–Trinajstić information content (AvgIpc) is 2.55. The Hall–Kier alpha value is -2.33. The second-order valence-electron chi connectivity index (χ2n) is 5.66. The molecule has 0 unspecified atom stereocenters. The molecule has 22 heavy (non-hydrogen) atoms. The zero-order chi connectivity index (χ0) is 15.7. The van der Waals surface area contributed by atoms with E-state index in [0.29, 0.717) is 11.9 Å². The Labute approximate surface area is 129 Å². The normalized spacial score (nSPS) is 12.4. The lowest BCUT2D eigenvalue weighted by Gasteiger charge is -2.18. The lowest BCUT2D eigenvalue weighted by Crippen LogP contribution is -2.15. The fraction of sp³-hybridized carbons (Fsp3) is 0.278. The van der Waals surface area contributed by atoms with Crippen molar-refractivity contribution in [3.8, 4) is 0 Å².